The first-order valence-electron chi connectivity index (χ1n) is 8.94. The number of nitrogens with zero attached hydrogens (tertiary/aromatic N) is 5. The van der Waals surface area contributed by atoms with Gasteiger partial charge in [-0.1, -0.05) is 11.2 Å². The number of hydrogen-bond donors (Lipinski definition) is 1. The van der Waals surface area contributed by atoms with Gasteiger partial charge in [-0.3, -0.25) is 10.1 Å². The molecule has 1 amide bonds. The predicted octanol–water partition coefficient (Wildman–Crippen LogP) is 2.46. The summed E-state index contributed by atoms with van der Waals surface area (Å²) in [5.74, 6) is 0.700. The Hall–Kier alpha value is -3.05. The van der Waals surface area contributed by atoms with Gasteiger partial charge in [0.25, 0.3) is 11.8 Å². The summed E-state index contributed by atoms with van der Waals surface area (Å²) >= 11 is 1.46. The van der Waals surface area contributed by atoms with Gasteiger partial charge in [0.15, 0.2) is 17.3 Å². The van der Waals surface area contributed by atoms with Crippen molar-refractivity contribution in [3.8, 4) is 16.5 Å². The summed E-state index contributed by atoms with van der Waals surface area (Å²) in [6, 6.07) is 5.39. The Bertz CT molecular complexity index is 1000. The number of ether oxygens (including phenoxy) is 2. The van der Waals surface area contributed by atoms with Gasteiger partial charge in [-0.05, 0) is 25.3 Å². The van der Waals surface area contributed by atoms with E-state index in [1.165, 1.54) is 18.4 Å². The Kier molecular flexibility index (Phi) is 5.16. The van der Waals surface area contributed by atoms with E-state index < -0.39 is 5.91 Å². The van der Waals surface area contributed by atoms with Crippen molar-refractivity contribution in [2.45, 2.75) is 19.4 Å². The molecule has 11 heteroatoms. The third kappa shape index (κ3) is 4.20. The third-order valence-electron chi connectivity index (χ3n) is 4.31. The van der Waals surface area contributed by atoms with Crippen molar-refractivity contribution in [2.24, 2.45) is 0 Å². The standard InChI is InChI=1S/C18H20N6O4S/c1-18(2)10-24(6-7-27-18)13-9-11(26-3)14(21-20-13)15(25)19-17-23-22-16(28-17)12-5-4-8-29-12/h4-5,8-9H,6-7,10H2,1-3H3,(H,19,23,25). The van der Waals surface area contributed by atoms with Crippen LogP contribution in [0.15, 0.2) is 28.0 Å². The van der Waals surface area contributed by atoms with Gasteiger partial charge in [0, 0.05) is 19.2 Å². The highest BCUT2D eigenvalue weighted by Gasteiger charge is 2.29. The molecule has 4 rings (SSSR count). The molecule has 1 fully saturated rings. The van der Waals surface area contributed by atoms with Crippen LogP contribution in [-0.2, 0) is 4.74 Å². The molecular formula is C18H20N6O4S. The van der Waals surface area contributed by atoms with E-state index in [2.05, 4.69) is 25.7 Å². The Morgan fingerprint density at radius 1 is 1.31 bits per heavy atom. The fraction of sp³-hybridized carbons (Fsp3) is 0.389. The van der Waals surface area contributed by atoms with E-state index in [0.29, 0.717) is 37.2 Å². The Labute approximate surface area is 170 Å². The molecule has 0 bridgehead atoms. The number of aromatic nitrogens is 4. The summed E-state index contributed by atoms with van der Waals surface area (Å²) in [6.07, 6.45) is 0. The number of carbonyl (C=O) groups is 1. The van der Waals surface area contributed by atoms with Gasteiger partial charge in [-0.2, -0.15) is 0 Å². The van der Waals surface area contributed by atoms with Crippen LogP contribution in [0.25, 0.3) is 10.8 Å². The van der Waals surface area contributed by atoms with Gasteiger partial charge >= 0.3 is 6.01 Å². The van der Waals surface area contributed by atoms with E-state index in [-0.39, 0.29) is 17.3 Å². The molecule has 3 aromatic heterocycles. The van der Waals surface area contributed by atoms with Crippen LogP contribution in [0.1, 0.15) is 24.3 Å². The van der Waals surface area contributed by atoms with E-state index in [9.17, 15) is 4.79 Å². The second-order valence-corrected chi connectivity index (χ2v) is 7.94. The number of amides is 1. The monoisotopic (exact) mass is 416 g/mol. The molecule has 10 nitrogen and oxygen atoms in total. The Morgan fingerprint density at radius 3 is 2.90 bits per heavy atom. The van der Waals surface area contributed by atoms with E-state index in [4.69, 9.17) is 13.9 Å². The number of carbonyl (C=O) groups excluding carboxylic acids is 1. The molecule has 152 valence electrons. The van der Waals surface area contributed by atoms with Crippen molar-refractivity contribution in [1.82, 2.24) is 20.4 Å². The van der Waals surface area contributed by atoms with E-state index in [0.717, 1.165) is 4.88 Å². The highest BCUT2D eigenvalue weighted by atomic mass is 32.1. The maximum Gasteiger partial charge on any atom is 0.322 e. The lowest BCUT2D eigenvalue weighted by molar-refractivity contribution is -0.0279. The summed E-state index contributed by atoms with van der Waals surface area (Å²) < 4.78 is 16.6. The largest absolute Gasteiger partial charge is 0.494 e. The smallest absolute Gasteiger partial charge is 0.322 e. The van der Waals surface area contributed by atoms with Crippen molar-refractivity contribution in [3.05, 3.63) is 29.3 Å². The third-order valence-corrected chi connectivity index (χ3v) is 5.17. The molecule has 0 atom stereocenters. The zero-order valence-corrected chi connectivity index (χ0v) is 17.0. The molecule has 0 aliphatic carbocycles. The van der Waals surface area contributed by atoms with Gasteiger partial charge < -0.3 is 18.8 Å². The molecule has 1 aliphatic heterocycles. The lowest BCUT2D eigenvalue weighted by Gasteiger charge is -2.38. The normalized spacial score (nSPS) is 15.9. The predicted molar refractivity (Wildman–Crippen MR) is 106 cm³/mol. The minimum Gasteiger partial charge on any atom is -0.494 e. The molecule has 1 aliphatic rings. The average molecular weight is 416 g/mol. The molecule has 4 heterocycles. The summed E-state index contributed by atoms with van der Waals surface area (Å²) in [7, 11) is 1.47. The Balaban J connectivity index is 1.51. The van der Waals surface area contributed by atoms with E-state index in [1.54, 1.807) is 6.07 Å². The van der Waals surface area contributed by atoms with Gasteiger partial charge in [0.1, 0.15) is 0 Å². The summed E-state index contributed by atoms with van der Waals surface area (Å²) in [5.41, 5.74) is -0.263. The highest BCUT2D eigenvalue weighted by molar-refractivity contribution is 7.13. The van der Waals surface area contributed by atoms with Crippen LogP contribution in [0, 0.1) is 0 Å². The first-order chi connectivity index (χ1) is 13.9. The first-order valence-corrected chi connectivity index (χ1v) is 9.82. The number of thiophene rings is 1. The van der Waals surface area contributed by atoms with Gasteiger partial charge in [-0.15, -0.1) is 26.6 Å². The second-order valence-electron chi connectivity index (χ2n) is 6.99. The highest BCUT2D eigenvalue weighted by Crippen LogP contribution is 2.27. The number of anilines is 2. The lowest BCUT2D eigenvalue weighted by atomic mass is 10.1. The number of methoxy groups -OCH3 is 1. The zero-order valence-electron chi connectivity index (χ0n) is 16.2. The first kappa shape index (κ1) is 19.3. The van der Waals surface area contributed by atoms with Crippen molar-refractivity contribution >= 4 is 29.1 Å². The van der Waals surface area contributed by atoms with Crippen LogP contribution >= 0.6 is 11.3 Å². The SMILES string of the molecule is COc1cc(N2CCOC(C)(C)C2)nnc1C(=O)Nc1nnc(-c2cccs2)o1. The maximum atomic E-state index is 12.6. The van der Waals surface area contributed by atoms with E-state index >= 15 is 0 Å². The minimum absolute atomic E-state index is 0.0266. The molecule has 0 unspecified atom stereocenters. The second kappa shape index (κ2) is 7.76. The van der Waals surface area contributed by atoms with Crippen LogP contribution in [0.5, 0.6) is 5.75 Å². The number of rotatable bonds is 5. The molecule has 1 saturated heterocycles. The number of hydrogen-bond acceptors (Lipinski definition) is 10. The van der Waals surface area contributed by atoms with Crippen LogP contribution in [0.3, 0.4) is 0 Å². The molecule has 1 N–H and O–H groups in total. The lowest BCUT2D eigenvalue weighted by Crippen LogP contribution is -2.48. The van der Waals surface area contributed by atoms with Crippen LogP contribution in [-0.4, -0.2) is 58.7 Å². The fourth-order valence-electron chi connectivity index (χ4n) is 2.97. The van der Waals surface area contributed by atoms with E-state index in [1.807, 2.05) is 36.3 Å². The van der Waals surface area contributed by atoms with Gasteiger partial charge in [-0.25, -0.2) is 0 Å². The van der Waals surface area contributed by atoms with Crippen LogP contribution < -0.4 is 15.0 Å². The number of nitrogens with one attached hydrogen (secondary N) is 1. The summed E-state index contributed by atoms with van der Waals surface area (Å²) in [4.78, 5) is 15.5. The van der Waals surface area contributed by atoms with Crippen LogP contribution in [0.2, 0.25) is 0 Å². The topological polar surface area (TPSA) is 116 Å². The quantitative estimate of drug-likeness (QED) is 0.669. The fourth-order valence-corrected chi connectivity index (χ4v) is 3.62. The minimum atomic E-state index is -0.551. The molecule has 0 aromatic carbocycles. The zero-order chi connectivity index (χ0) is 20.4. The summed E-state index contributed by atoms with van der Waals surface area (Å²) in [6.45, 7) is 5.95. The molecule has 3 aromatic rings. The van der Waals surface area contributed by atoms with Crippen LogP contribution in [0.4, 0.5) is 11.8 Å². The van der Waals surface area contributed by atoms with Gasteiger partial charge in [0.05, 0.1) is 24.2 Å². The summed E-state index contributed by atoms with van der Waals surface area (Å²) in [5, 5.41) is 20.5. The molecule has 0 saturated carbocycles. The average Bonchev–Trinajstić information content (AvgIpc) is 3.38. The molecular weight excluding hydrogens is 396 g/mol. The molecule has 0 radical (unpaired) electrons. The van der Waals surface area contributed by atoms with Crippen molar-refractivity contribution in [2.75, 3.05) is 37.0 Å². The molecule has 29 heavy (non-hydrogen) atoms. The van der Waals surface area contributed by atoms with Gasteiger partial charge in [0.2, 0.25) is 0 Å². The number of morpholine rings is 1. The maximum absolute atomic E-state index is 12.6. The molecule has 0 spiro atoms. The van der Waals surface area contributed by atoms with Crippen molar-refractivity contribution in [3.63, 3.8) is 0 Å². The Morgan fingerprint density at radius 2 is 2.17 bits per heavy atom. The van der Waals surface area contributed by atoms with Crippen molar-refractivity contribution in [1.29, 1.82) is 0 Å². The van der Waals surface area contributed by atoms with Crippen molar-refractivity contribution < 1.29 is 18.7 Å².